The van der Waals surface area contributed by atoms with Crippen molar-refractivity contribution in [1.29, 1.82) is 0 Å². The fourth-order valence-electron chi connectivity index (χ4n) is 0.843. The van der Waals surface area contributed by atoms with Gasteiger partial charge in [-0.3, -0.25) is 0 Å². The molecule has 0 amide bonds. The molecule has 2 aliphatic rings. The predicted octanol–water partition coefficient (Wildman–Crippen LogP) is 1.98. The van der Waals surface area contributed by atoms with Gasteiger partial charge in [-0.15, -0.1) is 0 Å². The van der Waals surface area contributed by atoms with Crippen LogP contribution in [-0.2, 0) is 0 Å². The maximum absolute atomic E-state index is 2.25. The van der Waals surface area contributed by atoms with Gasteiger partial charge in [-0.2, -0.15) is 0 Å². The average Bonchev–Trinajstić information content (AvgIpc) is 2.35. The maximum atomic E-state index is 2.25. The molecule has 1 unspecified atom stereocenters. The van der Waals surface area contributed by atoms with E-state index >= 15 is 0 Å². The number of nitrogens with zero attached hydrogens (tertiary/aromatic N) is 1. The fourth-order valence-corrected chi connectivity index (χ4v) is 4.05. The molecule has 0 saturated carbocycles. The summed E-state index contributed by atoms with van der Waals surface area (Å²) in [7, 11) is 4.34. The molecule has 0 aromatic heterocycles. The van der Waals surface area contributed by atoms with E-state index in [0.29, 0.717) is 9.70 Å². The molecule has 0 radical (unpaired) electrons. The zero-order valence-corrected chi connectivity index (χ0v) is 6.71. The summed E-state index contributed by atoms with van der Waals surface area (Å²) in [6.07, 6.45) is 6.50. The second-order valence-electron chi connectivity index (χ2n) is 1.91. The van der Waals surface area contributed by atoms with Gasteiger partial charge in [0.25, 0.3) is 0 Å². The van der Waals surface area contributed by atoms with Gasteiger partial charge in [-0.05, 0) is 27.3 Å². The Labute approximate surface area is 60.9 Å². The van der Waals surface area contributed by atoms with Gasteiger partial charge in [0.2, 0.25) is 0 Å². The molecule has 0 aromatic rings. The third-order valence-electron chi connectivity index (χ3n) is 1.29. The van der Waals surface area contributed by atoms with E-state index < -0.39 is 0 Å². The third-order valence-corrected chi connectivity index (χ3v) is 5.20. The van der Waals surface area contributed by atoms with Crippen molar-refractivity contribution in [3.05, 3.63) is 23.8 Å². The van der Waals surface area contributed by atoms with Crippen molar-refractivity contribution >= 4 is 25.4 Å². The molecule has 0 saturated heterocycles. The fraction of sp³-hybridized carbons (Fsp3) is 0.167. The Morgan fingerprint density at radius 2 is 2.44 bits per heavy atom. The third kappa shape index (κ3) is 0.756. The minimum absolute atomic E-state index is 0.332. The highest BCUT2D eigenvalue weighted by Crippen LogP contribution is 2.43. The number of hydrogen-bond donors (Lipinski definition) is 0. The lowest BCUT2D eigenvalue weighted by molar-refractivity contribution is 0.787. The summed E-state index contributed by atoms with van der Waals surface area (Å²) in [6.45, 7) is 0. The van der Waals surface area contributed by atoms with Crippen molar-refractivity contribution in [3.8, 4) is 0 Å². The zero-order chi connectivity index (χ0) is 6.27. The van der Waals surface area contributed by atoms with Gasteiger partial charge in [0.1, 0.15) is 0 Å². The molecule has 0 aromatic carbocycles. The van der Waals surface area contributed by atoms with Crippen LogP contribution in [-0.4, -0.2) is 16.2 Å². The highest BCUT2D eigenvalue weighted by molar-refractivity contribution is 8.84. The molecule has 2 aliphatic heterocycles. The smallest absolute Gasteiger partial charge is 0.0298 e. The summed E-state index contributed by atoms with van der Waals surface area (Å²) < 4.78 is 2.25. The Morgan fingerprint density at radius 3 is 3.22 bits per heavy atom. The monoisotopic (exact) mass is 157 g/mol. The lowest BCUT2D eigenvalue weighted by Crippen LogP contribution is -1.94. The van der Waals surface area contributed by atoms with Gasteiger partial charge >= 0.3 is 0 Å². The van der Waals surface area contributed by atoms with E-state index in [-0.39, 0.29) is 0 Å². The van der Waals surface area contributed by atoms with Crippen LogP contribution in [0.25, 0.3) is 0 Å². The van der Waals surface area contributed by atoms with Crippen molar-refractivity contribution in [2.45, 2.75) is 0 Å². The molecule has 0 fully saturated rings. The van der Waals surface area contributed by atoms with Gasteiger partial charge in [0.05, 0.1) is 0 Å². The zero-order valence-electron chi connectivity index (χ0n) is 5.07. The maximum Gasteiger partial charge on any atom is 0.0298 e. The molecule has 0 spiro atoms. The van der Waals surface area contributed by atoms with Crippen LogP contribution in [0.1, 0.15) is 0 Å². The molecule has 3 heteroatoms. The van der Waals surface area contributed by atoms with E-state index in [1.54, 1.807) is 0 Å². The summed E-state index contributed by atoms with van der Waals surface area (Å²) in [6, 6.07) is 0. The van der Waals surface area contributed by atoms with Gasteiger partial charge in [0, 0.05) is 18.1 Å². The van der Waals surface area contributed by atoms with E-state index in [9.17, 15) is 0 Å². The summed E-state index contributed by atoms with van der Waals surface area (Å²) >= 11 is 0. The molecule has 0 aliphatic carbocycles. The molecular formula is C6H7NS2. The van der Waals surface area contributed by atoms with Crippen molar-refractivity contribution in [3.63, 3.8) is 0 Å². The van der Waals surface area contributed by atoms with Crippen LogP contribution in [0.2, 0.25) is 0 Å². The van der Waals surface area contributed by atoms with E-state index in [2.05, 4.69) is 35.1 Å². The van der Waals surface area contributed by atoms with Crippen molar-refractivity contribution < 1.29 is 0 Å². The molecule has 0 bridgehead atoms. The molecule has 1 nitrogen and oxygen atoms in total. The highest BCUT2D eigenvalue weighted by Gasteiger charge is 2.13. The quantitative estimate of drug-likeness (QED) is 0.391. The van der Waals surface area contributed by atoms with Gasteiger partial charge in [0.15, 0.2) is 0 Å². The second-order valence-corrected chi connectivity index (χ2v) is 5.45. The van der Waals surface area contributed by atoms with Crippen molar-refractivity contribution in [2.24, 2.45) is 0 Å². The summed E-state index contributed by atoms with van der Waals surface area (Å²) in [5.74, 6) is 0. The first kappa shape index (κ1) is 5.62. The Kier molecular flexibility index (Phi) is 1.20. The summed E-state index contributed by atoms with van der Waals surface area (Å²) in [5.41, 5.74) is 0. The van der Waals surface area contributed by atoms with E-state index in [4.69, 9.17) is 0 Å². The lowest BCUT2D eigenvalue weighted by atomic mass is 10.4. The van der Waals surface area contributed by atoms with Crippen LogP contribution >= 0.6 is 20.5 Å². The molecule has 0 N–H and O–H groups in total. The molecule has 2 heterocycles. The van der Waals surface area contributed by atoms with Gasteiger partial charge < -0.3 is 4.31 Å². The van der Waals surface area contributed by atoms with Crippen LogP contribution in [0.15, 0.2) is 23.8 Å². The Balaban J connectivity index is 2.41. The van der Waals surface area contributed by atoms with Gasteiger partial charge in [-0.1, -0.05) is 10.8 Å². The van der Waals surface area contributed by atoms with Crippen LogP contribution in [0.4, 0.5) is 0 Å². The normalized spacial score (nSPS) is 30.1. The average molecular weight is 157 g/mol. The molecule has 1 atom stereocenters. The van der Waals surface area contributed by atoms with E-state index in [1.807, 2.05) is 10.8 Å². The summed E-state index contributed by atoms with van der Waals surface area (Å²) in [5, 5.41) is 2.17. The first-order chi connectivity index (χ1) is 4.38. The van der Waals surface area contributed by atoms with Crippen LogP contribution in [0.3, 0.4) is 0 Å². The molecule has 48 valence electrons. The largest absolute Gasteiger partial charge is 0.323 e. The lowest BCUT2D eigenvalue weighted by Gasteiger charge is -2.10. The van der Waals surface area contributed by atoms with Gasteiger partial charge in [-0.25, -0.2) is 0 Å². The van der Waals surface area contributed by atoms with Crippen LogP contribution in [0.5, 0.6) is 0 Å². The Morgan fingerprint density at radius 1 is 1.56 bits per heavy atom. The Hall–Kier alpha value is -0.150. The predicted molar refractivity (Wildman–Crippen MR) is 46.2 cm³/mol. The number of allylic oxidation sites excluding steroid dienone is 2. The number of hydrogen-bond acceptors (Lipinski definition) is 2. The van der Waals surface area contributed by atoms with Crippen molar-refractivity contribution in [1.82, 2.24) is 4.31 Å². The topological polar surface area (TPSA) is 3.24 Å². The van der Waals surface area contributed by atoms with Crippen LogP contribution in [0, 0.1) is 0 Å². The Bertz CT molecular complexity index is 227. The first-order valence-electron chi connectivity index (χ1n) is 2.74. The second kappa shape index (κ2) is 1.92. The van der Waals surface area contributed by atoms with E-state index in [1.165, 1.54) is 4.86 Å². The first-order valence-corrected chi connectivity index (χ1v) is 5.32. The molecular weight excluding hydrogens is 150 g/mol. The summed E-state index contributed by atoms with van der Waals surface area (Å²) in [4.78, 5) is 1.46. The van der Waals surface area contributed by atoms with E-state index in [0.717, 1.165) is 0 Å². The van der Waals surface area contributed by atoms with Crippen LogP contribution < -0.4 is 0 Å². The molecule has 2 rings (SSSR count). The minimum Gasteiger partial charge on any atom is -0.323 e. The van der Waals surface area contributed by atoms with Crippen molar-refractivity contribution in [2.75, 3.05) is 7.05 Å². The SMILES string of the molecule is CN1C=CC2=S1SC=C2. The number of rotatable bonds is 0. The highest BCUT2D eigenvalue weighted by atomic mass is 33.1. The standard InChI is InChI=1S/C6H7NS2/c1-7-4-2-6-3-5-8-9(6)7/h2-5H,1H3. The molecule has 9 heavy (non-hydrogen) atoms. The minimum atomic E-state index is 0.332.